The molecule has 0 aliphatic carbocycles. The molecule has 174 valence electrons. The first-order valence-corrected chi connectivity index (χ1v) is 12.9. The lowest BCUT2D eigenvalue weighted by Gasteiger charge is -2.22. The summed E-state index contributed by atoms with van der Waals surface area (Å²) in [5, 5.41) is 9.51. The van der Waals surface area contributed by atoms with Gasteiger partial charge in [-0.05, 0) is 24.7 Å². The zero-order valence-corrected chi connectivity index (χ0v) is 20.1. The third kappa shape index (κ3) is 18.0. The summed E-state index contributed by atoms with van der Waals surface area (Å²) >= 11 is 0. The van der Waals surface area contributed by atoms with Gasteiger partial charge in [0.15, 0.2) is 0 Å². The fraction of sp³-hybridized carbons (Fsp3) is 0.962. The van der Waals surface area contributed by atoms with Gasteiger partial charge in [-0.2, -0.15) is 0 Å². The fourth-order valence-electron chi connectivity index (χ4n) is 4.44. The van der Waals surface area contributed by atoms with Crippen LogP contribution in [0.15, 0.2) is 0 Å². The van der Waals surface area contributed by atoms with Crippen LogP contribution in [0, 0.1) is 17.8 Å². The fourth-order valence-corrected chi connectivity index (χ4v) is 4.44. The lowest BCUT2D eigenvalue weighted by Crippen LogP contribution is -2.32. The van der Waals surface area contributed by atoms with E-state index in [2.05, 4.69) is 20.8 Å². The minimum Gasteiger partial charge on any atom is -0.396 e. The van der Waals surface area contributed by atoms with Crippen LogP contribution in [0.5, 0.6) is 0 Å². The number of nitrogens with two attached hydrogens (primary N) is 1. The molecule has 0 aliphatic rings. The van der Waals surface area contributed by atoms with E-state index in [0.717, 1.165) is 31.6 Å². The quantitative estimate of drug-likeness (QED) is 0.182. The number of rotatable bonds is 22. The summed E-state index contributed by atoms with van der Waals surface area (Å²) in [6, 6.07) is 0. The Morgan fingerprint density at radius 3 is 1.38 bits per heavy atom. The molecule has 0 aliphatic heterocycles. The molecule has 1 amide bonds. The van der Waals surface area contributed by atoms with Gasteiger partial charge in [-0.3, -0.25) is 4.79 Å². The Labute approximate surface area is 182 Å². The standard InChI is InChI=1S/C26H53NO2/c1-4-19-24(22-28)25(26(27)29)21-18-16-14-12-10-8-6-5-7-9-11-13-15-17-20-23(2)3/h23-25,28H,4-22H2,1-3H3,(H2,27,29). The molecule has 0 fully saturated rings. The highest BCUT2D eigenvalue weighted by molar-refractivity contribution is 5.76. The normalized spacial score (nSPS) is 13.7. The van der Waals surface area contributed by atoms with Crippen molar-refractivity contribution >= 4 is 5.91 Å². The maximum Gasteiger partial charge on any atom is 0.220 e. The van der Waals surface area contributed by atoms with Gasteiger partial charge < -0.3 is 10.8 Å². The molecule has 0 aromatic heterocycles. The van der Waals surface area contributed by atoms with E-state index >= 15 is 0 Å². The molecule has 0 aromatic carbocycles. The number of aliphatic hydroxyl groups is 1. The molecule has 0 bridgehead atoms. The van der Waals surface area contributed by atoms with Crippen LogP contribution in [0.25, 0.3) is 0 Å². The van der Waals surface area contributed by atoms with Crippen molar-refractivity contribution in [3.8, 4) is 0 Å². The number of primary amides is 1. The van der Waals surface area contributed by atoms with Gasteiger partial charge in [-0.1, -0.05) is 124 Å². The number of carbonyl (C=O) groups is 1. The van der Waals surface area contributed by atoms with E-state index in [1.807, 2.05) is 0 Å². The predicted octanol–water partition coefficient (Wildman–Crippen LogP) is 7.39. The van der Waals surface area contributed by atoms with Crippen LogP contribution in [-0.4, -0.2) is 17.6 Å². The van der Waals surface area contributed by atoms with Crippen molar-refractivity contribution in [3.05, 3.63) is 0 Å². The Morgan fingerprint density at radius 2 is 1.07 bits per heavy atom. The van der Waals surface area contributed by atoms with Crippen molar-refractivity contribution in [3.63, 3.8) is 0 Å². The maximum absolute atomic E-state index is 11.7. The average molecular weight is 412 g/mol. The van der Waals surface area contributed by atoms with Crippen LogP contribution in [0.2, 0.25) is 0 Å². The van der Waals surface area contributed by atoms with Crippen LogP contribution >= 0.6 is 0 Å². The summed E-state index contributed by atoms with van der Waals surface area (Å²) in [4.78, 5) is 11.7. The van der Waals surface area contributed by atoms with Crippen molar-refractivity contribution in [1.82, 2.24) is 0 Å². The Balaban J connectivity index is 3.43. The number of carbonyl (C=O) groups excluding carboxylic acids is 1. The Hall–Kier alpha value is -0.570. The molecule has 0 aromatic rings. The van der Waals surface area contributed by atoms with Crippen LogP contribution in [0.4, 0.5) is 0 Å². The number of hydrogen-bond acceptors (Lipinski definition) is 2. The van der Waals surface area contributed by atoms with Gasteiger partial charge in [-0.15, -0.1) is 0 Å². The van der Waals surface area contributed by atoms with Gasteiger partial charge in [-0.25, -0.2) is 0 Å². The van der Waals surface area contributed by atoms with E-state index < -0.39 is 0 Å². The Kier molecular flexibility index (Phi) is 20.3. The molecular formula is C26H53NO2. The first-order valence-electron chi connectivity index (χ1n) is 12.9. The molecular weight excluding hydrogens is 358 g/mol. The van der Waals surface area contributed by atoms with Crippen LogP contribution < -0.4 is 5.73 Å². The van der Waals surface area contributed by atoms with Crippen molar-refractivity contribution in [1.29, 1.82) is 0 Å². The summed E-state index contributed by atoms with van der Waals surface area (Å²) in [5.74, 6) is 0.548. The van der Waals surface area contributed by atoms with Gasteiger partial charge in [0.25, 0.3) is 0 Å². The van der Waals surface area contributed by atoms with Crippen molar-refractivity contribution < 1.29 is 9.90 Å². The summed E-state index contributed by atoms with van der Waals surface area (Å²) in [6.45, 7) is 6.82. The summed E-state index contributed by atoms with van der Waals surface area (Å²) in [7, 11) is 0. The zero-order chi connectivity index (χ0) is 21.7. The number of hydrogen-bond donors (Lipinski definition) is 2. The Bertz CT molecular complexity index is 357. The largest absolute Gasteiger partial charge is 0.396 e. The molecule has 2 atom stereocenters. The highest BCUT2D eigenvalue weighted by atomic mass is 16.3. The third-order valence-corrected chi connectivity index (χ3v) is 6.38. The summed E-state index contributed by atoms with van der Waals surface area (Å²) < 4.78 is 0. The molecule has 0 heterocycles. The van der Waals surface area contributed by atoms with E-state index in [1.54, 1.807) is 0 Å². The minimum absolute atomic E-state index is 0.0533. The van der Waals surface area contributed by atoms with E-state index in [0.29, 0.717) is 0 Å². The minimum atomic E-state index is -0.229. The molecule has 0 rings (SSSR count). The first-order chi connectivity index (χ1) is 14.0. The molecule has 2 unspecified atom stereocenters. The molecule has 3 N–H and O–H groups in total. The van der Waals surface area contributed by atoms with E-state index in [-0.39, 0.29) is 24.3 Å². The number of aliphatic hydroxyl groups excluding tert-OH is 1. The SMILES string of the molecule is CCCC(CO)C(CCCCCCCCCCCCCCCCC(C)C)C(N)=O. The highest BCUT2D eigenvalue weighted by Gasteiger charge is 2.24. The molecule has 0 saturated carbocycles. The zero-order valence-electron chi connectivity index (χ0n) is 20.1. The van der Waals surface area contributed by atoms with Gasteiger partial charge in [0.05, 0.1) is 0 Å². The highest BCUT2D eigenvalue weighted by Crippen LogP contribution is 2.23. The van der Waals surface area contributed by atoms with Gasteiger partial charge in [0, 0.05) is 12.5 Å². The van der Waals surface area contributed by atoms with Crippen molar-refractivity contribution in [2.45, 2.75) is 136 Å². The lowest BCUT2D eigenvalue weighted by atomic mass is 9.84. The van der Waals surface area contributed by atoms with E-state index in [1.165, 1.54) is 89.9 Å². The number of amides is 1. The van der Waals surface area contributed by atoms with Crippen LogP contribution in [0.1, 0.15) is 136 Å². The van der Waals surface area contributed by atoms with Gasteiger partial charge >= 0.3 is 0 Å². The van der Waals surface area contributed by atoms with Crippen LogP contribution in [-0.2, 0) is 4.79 Å². The smallest absolute Gasteiger partial charge is 0.220 e. The third-order valence-electron chi connectivity index (χ3n) is 6.38. The predicted molar refractivity (Wildman–Crippen MR) is 127 cm³/mol. The molecule has 0 radical (unpaired) electrons. The van der Waals surface area contributed by atoms with Crippen molar-refractivity contribution in [2.75, 3.05) is 6.61 Å². The van der Waals surface area contributed by atoms with Gasteiger partial charge in [0.2, 0.25) is 5.91 Å². The van der Waals surface area contributed by atoms with Crippen LogP contribution in [0.3, 0.4) is 0 Å². The van der Waals surface area contributed by atoms with E-state index in [4.69, 9.17) is 5.73 Å². The second-order valence-corrected chi connectivity index (χ2v) is 9.66. The molecule has 3 nitrogen and oxygen atoms in total. The second kappa shape index (κ2) is 20.7. The van der Waals surface area contributed by atoms with Crippen molar-refractivity contribution in [2.24, 2.45) is 23.5 Å². The lowest BCUT2D eigenvalue weighted by molar-refractivity contribution is -0.124. The molecule has 0 spiro atoms. The summed E-state index contributed by atoms with van der Waals surface area (Å²) in [6.07, 6.45) is 23.0. The first kappa shape index (κ1) is 28.4. The second-order valence-electron chi connectivity index (χ2n) is 9.66. The Morgan fingerprint density at radius 1 is 0.690 bits per heavy atom. The molecule has 3 heteroatoms. The monoisotopic (exact) mass is 411 g/mol. The average Bonchev–Trinajstić information content (AvgIpc) is 2.68. The topological polar surface area (TPSA) is 63.3 Å². The molecule has 29 heavy (non-hydrogen) atoms. The number of unbranched alkanes of at least 4 members (excludes halogenated alkanes) is 13. The van der Waals surface area contributed by atoms with E-state index in [9.17, 15) is 9.90 Å². The molecule has 0 saturated heterocycles. The van der Waals surface area contributed by atoms with Gasteiger partial charge in [0.1, 0.15) is 0 Å². The maximum atomic E-state index is 11.7. The summed E-state index contributed by atoms with van der Waals surface area (Å²) in [5.41, 5.74) is 5.56.